The van der Waals surface area contributed by atoms with Crippen molar-refractivity contribution in [1.29, 1.82) is 0 Å². The summed E-state index contributed by atoms with van der Waals surface area (Å²) >= 11 is 3.45. The molecule has 4 nitrogen and oxygen atoms in total. The Balaban J connectivity index is 2.09. The van der Waals surface area contributed by atoms with E-state index in [-0.39, 0.29) is 5.91 Å². The Morgan fingerprint density at radius 2 is 1.83 bits per heavy atom. The lowest BCUT2D eigenvalue weighted by molar-refractivity contribution is 0.0958. The van der Waals surface area contributed by atoms with Crippen LogP contribution in [0.2, 0.25) is 0 Å². The van der Waals surface area contributed by atoms with Gasteiger partial charge in [0.1, 0.15) is 5.69 Å². The average Bonchev–Trinajstić information content (AvgIpc) is 2.99. The van der Waals surface area contributed by atoms with Crippen LogP contribution in [0.15, 0.2) is 59.1 Å². The van der Waals surface area contributed by atoms with E-state index in [1.54, 1.807) is 7.05 Å². The predicted octanol–water partition coefficient (Wildman–Crippen LogP) is 4.51. The van der Waals surface area contributed by atoms with Crippen LogP contribution in [-0.4, -0.2) is 22.9 Å². The van der Waals surface area contributed by atoms with Gasteiger partial charge < -0.3 is 10.3 Å². The van der Waals surface area contributed by atoms with Gasteiger partial charge in [0.05, 0.1) is 11.2 Å². The number of H-pyrrole nitrogens is 1. The molecule has 0 aliphatic carbocycles. The maximum atomic E-state index is 12.2. The summed E-state index contributed by atoms with van der Waals surface area (Å²) in [6.45, 7) is 0. The summed E-state index contributed by atoms with van der Waals surface area (Å²) in [6.07, 6.45) is 0. The molecule has 0 fully saturated rings. The summed E-state index contributed by atoms with van der Waals surface area (Å²) in [5.41, 5.74) is 4.11. The van der Waals surface area contributed by atoms with Crippen LogP contribution >= 0.6 is 15.9 Å². The van der Waals surface area contributed by atoms with Crippen LogP contribution in [0.3, 0.4) is 0 Å². The van der Waals surface area contributed by atoms with Crippen molar-refractivity contribution in [2.75, 3.05) is 7.05 Å². The molecule has 2 aromatic carbocycles. The van der Waals surface area contributed by atoms with Gasteiger partial charge in [0.25, 0.3) is 5.91 Å². The average molecular weight is 380 g/mol. The van der Waals surface area contributed by atoms with E-state index >= 15 is 0 Å². The fourth-order valence-corrected chi connectivity index (χ4v) is 3.17. The van der Waals surface area contributed by atoms with Crippen molar-refractivity contribution in [3.63, 3.8) is 0 Å². The first kappa shape index (κ1) is 14.9. The van der Waals surface area contributed by atoms with Crippen molar-refractivity contribution in [3.8, 4) is 11.3 Å². The Labute approximate surface area is 147 Å². The number of carbonyl (C=O) groups is 1. The lowest BCUT2D eigenvalue weighted by Gasteiger charge is -2.07. The van der Waals surface area contributed by atoms with Crippen LogP contribution in [0.5, 0.6) is 0 Å². The SMILES string of the molecule is CNC(=O)c1cc2c([nH]c3ccccc32)c(-c2ccc(Br)cc2)n1. The Hall–Kier alpha value is -2.66. The molecule has 4 rings (SSSR count). The Bertz CT molecular complexity index is 1070. The summed E-state index contributed by atoms with van der Waals surface area (Å²) in [7, 11) is 1.61. The number of pyridine rings is 1. The molecule has 4 aromatic rings. The number of aromatic amines is 1. The van der Waals surface area contributed by atoms with E-state index in [2.05, 4.69) is 31.2 Å². The van der Waals surface area contributed by atoms with Crippen molar-refractivity contribution in [3.05, 3.63) is 64.8 Å². The third kappa shape index (κ3) is 2.37. The van der Waals surface area contributed by atoms with E-state index in [9.17, 15) is 4.79 Å². The summed E-state index contributed by atoms with van der Waals surface area (Å²) in [4.78, 5) is 20.2. The van der Waals surface area contributed by atoms with Crippen molar-refractivity contribution in [2.45, 2.75) is 0 Å². The molecule has 0 spiro atoms. The zero-order chi connectivity index (χ0) is 16.7. The highest BCUT2D eigenvalue weighted by atomic mass is 79.9. The third-order valence-electron chi connectivity index (χ3n) is 4.07. The van der Waals surface area contributed by atoms with Gasteiger partial charge in [-0.3, -0.25) is 4.79 Å². The summed E-state index contributed by atoms with van der Waals surface area (Å²) in [6, 6.07) is 17.8. The zero-order valence-corrected chi connectivity index (χ0v) is 14.5. The summed E-state index contributed by atoms with van der Waals surface area (Å²) in [5, 5.41) is 4.73. The highest BCUT2D eigenvalue weighted by molar-refractivity contribution is 9.10. The summed E-state index contributed by atoms with van der Waals surface area (Å²) < 4.78 is 1.00. The van der Waals surface area contributed by atoms with Gasteiger partial charge in [0.2, 0.25) is 0 Å². The molecule has 0 aliphatic heterocycles. The number of hydrogen-bond acceptors (Lipinski definition) is 2. The molecule has 2 heterocycles. The number of nitrogens with one attached hydrogen (secondary N) is 2. The number of amides is 1. The normalized spacial score (nSPS) is 11.1. The molecule has 5 heteroatoms. The number of aromatic nitrogens is 2. The van der Waals surface area contributed by atoms with Gasteiger partial charge in [-0.1, -0.05) is 46.3 Å². The maximum Gasteiger partial charge on any atom is 0.269 e. The van der Waals surface area contributed by atoms with Gasteiger partial charge in [-0.25, -0.2) is 4.98 Å². The van der Waals surface area contributed by atoms with Gasteiger partial charge in [0.15, 0.2) is 0 Å². The topological polar surface area (TPSA) is 57.8 Å². The fourth-order valence-electron chi connectivity index (χ4n) is 2.91. The second-order valence-corrected chi connectivity index (χ2v) is 6.45. The number of hydrogen-bond donors (Lipinski definition) is 2. The number of rotatable bonds is 2. The number of carbonyl (C=O) groups excluding carboxylic acids is 1. The molecule has 2 N–H and O–H groups in total. The van der Waals surface area contributed by atoms with Crippen molar-refractivity contribution in [2.24, 2.45) is 0 Å². The number of nitrogens with zero attached hydrogens (tertiary/aromatic N) is 1. The molecule has 2 aromatic heterocycles. The van der Waals surface area contributed by atoms with Gasteiger partial charge in [-0.2, -0.15) is 0 Å². The monoisotopic (exact) mass is 379 g/mol. The largest absolute Gasteiger partial charge is 0.354 e. The standard InChI is InChI=1S/C19H14BrN3O/c1-21-19(24)16-10-14-13-4-2-3-5-15(13)22-18(14)17(23-16)11-6-8-12(20)9-7-11/h2-10,22H,1H3,(H,21,24). The van der Waals surface area contributed by atoms with E-state index in [4.69, 9.17) is 0 Å². The number of halogens is 1. The molecule has 1 amide bonds. The maximum absolute atomic E-state index is 12.2. The molecule has 0 aliphatic rings. The first-order chi connectivity index (χ1) is 11.7. The van der Waals surface area contributed by atoms with E-state index in [0.717, 1.165) is 37.5 Å². The molecule has 24 heavy (non-hydrogen) atoms. The molecular formula is C19H14BrN3O. The van der Waals surface area contributed by atoms with E-state index in [1.165, 1.54) is 0 Å². The van der Waals surface area contributed by atoms with Crippen LogP contribution < -0.4 is 5.32 Å². The first-order valence-electron chi connectivity index (χ1n) is 7.57. The van der Waals surface area contributed by atoms with Crippen molar-refractivity contribution in [1.82, 2.24) is 15.3 Å². The Morgan fingerprint density at radius 1 is 1.08 bits per heavy atom. The molecule has 0 bridgehead atoms. The molecule has 118 valence electrons. The van der Waals surface area contributed by atoms with Crippen molar-refractivity contribution < 1.29 is 4.79 Å². The molecular weight excluding hydrogens is 366 g/mol. The molecule has 0 saturated heterocycles. The van der Waals surface area contributed by atoms with Gasteiger partial charge >= 0.3 is 0 Å². The number of para-hydroxylation sites is 1. The highest BCUT2D eigenvalue weighted by Gasteiger charge is 2.16. The Kier molecular flexibility index (Phi) is 3.58. The second-order valence-electron chi connectivity index (χ2n) is 5.54. The third-order valence-corrected chi connectivity index (χ3v) is 4.60. The molecule has 0 unspecified atom stereocenters. The van der Waals surface area contributed by atoms with Crippen LogP contribution in [0.25, 0.3) is 33.1 Å². The van der Waals surface area contributed by atoms with Crippen molar-refractivity contribution >= 4 is 43.6 Å². The molecule has 0 saturated carbocycles. The van der Waals surface area contributed by atoms with Crippen LogP contribution in [-0.2, 0) is 0 Å². The van der Waals surface area contributed by atoms with Gasteiger partial charge in [-0.15, -0.1) is 0 Å². The fraction of sp³-hybridized carbons (Fsp3) is 0.0526. The van der Waals surface area contributed by atoms with Gasteiger partial charge in [-0.05, 0) is 24.3 Å². The van der Waals surface area contributed by atoms with Crippen LogP contribution in [0, 0.1) is 0 Å². The highest BCUT2D eigenvalue weighted by Crippen LogP contribution is 2.33. The molecule has 0 radical (unpaired) electrons. The molecule has 0 atom stereocenters. The minimum atomic E-state index is -0.194. The number of benzene rings is 2. The van der Waals surface area contributed by atoms with Crippen LogP contribution in [0.1, 0.15) is 10.5 Å². The minimum Gasteiger partial charge on any atom is -0.354 e. The lowest BCUT2D eigenvalue weighted by Crippen LogP contribution is -2.19. The summed E-state index contributed by atoms with van der Waals surface area (Å²) in [5.74, 6) is -0.194. The zero-order valence-electron chi connectivity index (χ0n) is 12.9. The second kappa shape index (κ2) is 5.76. The lowest BCUT2D eigenvalue weighted by atomic mass is 10.1. The van der Waals surface area contributed by atoms with E-state index in [1.807, 2.05) is 54.6 Å². The minimum absolute atomic E-state index is 0.194. The van der Waals surface area contributed by atoms with Gasteiger partial charge in [0, 0.05) is 33.4 Å². The van der Waals surface area contributed by atoms with E-state index < -0.39 is 0 Å². The quantitative estimate of drug-likeness (QED) is 0.538. The predicted molar refractivity (Wildman–Crippen MR) is 100 cm³/mol. The Morgan fingerprint density at radius 3 is 2.58 bits per heavy atom. The van der Waals surface area contributed by atoms with Crippen LogP contribution in [0.4, 0.5) is 0 Å². The van der Waals surface area contributed by atoms with E-state index in [0.29, 0.717) is 5.69 Å². The number of fused-ring (bicyclic) bond motifs is 3. The first-order valence-corrected chi connectivity index (χ1v) is 8.36. The smallest absolute Gasteiger partial charge is 0.269 e.